The lowest BCUT2D eigenvalue weighted by Crippen LogP contribution is -2.55. The molecule has 0 aliphatic rings. The fourth-order valence-electron chi connectivity index (χ4n) is 1.44. The zero-order chi connectivity index (χ0) is 15.6. The van der Waals surface area contributed by atoms with Crippen molar-refractivity contribution in [1.82, 2.24) is 5.32 Å². The monoisotopic (exact) mass is 283 g/mol. The Morgan fingerprint density at radius 3 is 2.40 bits per heavy atom. The largest absolute Gasteiger partial charge is 0.409 e. The van der Waals surface area contributed by atoms with Gasteiger partial charge in [0.1, 0.15) is 5.82 Å². The molecule has 0 heterocycles. The molecule has 1 aromatic rings. The highest BCUT2D eigenvalue weighted by Crippen LogP contribution is 2.21. The van der Waals surface area contributed by atoms with Crippen LogP contribution in [0.4, 0.5) is 4.39 Å². The number of aliphatic hydroxyl groups is 1. The van der Waals surface area contributed by atoms with Crippen LogP contribution in [0, 0.1) is 5.82 Å². The van der Waals surface area contributed by atoms with Crippen molar-refractivity contribution in [2.75, 3.05) is 0 Å². The highest BCUT2D eigenvalue weighted by Gasteiger charge is 2.34. The third-order valence-electron chi connectivity index (χ3n) is 3.71. The van der Waals surface area contributed by atoms with Crippen molar-refractivity contribution in [3.05, 3.63) is 35.1 Å². The normalized spacial score (nSPS) is 13.6. The summed E-state index contributed by atoms with van der Waals surface area (Å²) in [5, 5.41) is 24.5. The van der Waals surface area contributed by atoms with Crippen LogP contribution in [0.1, 0.15) is 38.8 Å². The van der Waals surface area contributed by atoms with E-state index < -0.39 is 17.0 Å². The number of benzene rings is 1. The van der Waals surface area contributed by atoms with Crippen LogP contribution in [0.5, 0.6) is 0 Å². The van der Waals surface area contributed by atoms with E-state index >= 15 is 0 Å². The van der Waals surface area contributed by atoms with Crippen molar-refractivity contribution in [2.24, 2.45) is 10.9 Å². The van der Waals surface area contributed by atoms with Gasteiger partial charge in [-0.05, 0) is 33.8 Å². The molecule has 5 N–H and O–H groups in total. The Bertz CT molecular complexity index is 508. The van der Waals surface area contributed by atoms with E-state index in [0.717, 1.165) is 0 Å². The molecule has 0 saturated heterocycles. The Balaban J connectivity index is 2.86. The smallest absolute Gasteiger partial charge is 0.170 e. The molecule has 0 atom stereocenters. The van der Waals surface area contributed by atoms with Gasteiger partial charge in [0.15, 0.2) is 5.84 Å². The number of nitrogens with two attached hydrogens (primary N) is 1. The van der Waals surface area contributed by atoms with Crippen LogP contribution in [0.25, 0.3) is 0 Å². The van der Waals surface area contributed by atoms with Gasteiger partial charge in [-0.2, -0.15) is 0 Å². The number of oxime groups is 1. The van der Waals surface area contributed by atoms with Crippen molar-refractivity contribution in [1.29, 1.82) is 0 Å². The number of hydrogen-bond acceptors (Lipinski definition) is 4. The SMILES string of the molecule is CC(C)(O)C(C)(C)NCc1ccc(/C(N)=N/O)cc1F. The molecule has 0 spiro atoms. The molecule has 0 bridgehead atoms. The van der Waals surface area contributed by atoms with Gasteiger partial charge in [0.05, 0.1) is 5.60 Å². The molecular weight excluding hydrogens is 261 g/mol. The maximum absolute atomic E-state index is 13.9. The molecule has 0 aromatic heterocycles. The average molecular weight is 283 g/mol. The second-order valence-electron chi connectivity index (χ2n) is 5.83. The van der Waals surface area contributed by atoms with Crippen LogP contribution >= 0.6 is 0 Å². The van der Waals surface area contributed by atoms with E-state index in [1.807, 2.05) is 13.8 Å². The van der Waals surface area contributed by atoms with E-state index in [4.69, 9.17) is 10.9 Å². The minimum absolute atomic E-state index is 0.139. The summed E-state index contributed by atoms with van der Waals surface area (Å²) in [5.74, 6) is -0.589. The first-order chi connectivity index (χ1) is 9.08. The molecule has 0 saturated carbocycles. The van der Waals surface area contributed by atoms with Gasteiger partial charge in [0, 0.05) is 23.2 Å². The maximum atomic E-state index is 13.9. The topological polar surface area (TPSA) is 90.9 Å². The molecular formula is C14H22FN3O2. The number of rotatable bonds is 5. The maximum Gasteiger partial charge on any atom is 0.170 e. The summed E-state index contributed by atoms with van der Waals surface area (Å²) in [6.45, 7) is 7.33. The minimum atomic E-state index is -0.947. The van der Waals surface area contributed by atoms with Crippen molar-refractivity contribution >= 4 is 5.84 Å². The lowest BCUT2D eigenvalue weighted by atomic mass is 9.86. The summed E-state index contributed by atoms with van der Waals surface area (Å²) >= 11 is 0. The quantitative estimate of drug-likeness (QED) is 0.286. The summed E-state index contributed by atoms with van der Waals surface area (Å²) in [6, 6.07) is 4.35. The number of halogens is 1. The number of nitrogens with zero attached hydrogens (tertiary/aromatic N) is 1. The Kier molecular flexibility index (Phi) is 4.73. The standard InChI is InChI=1S/C14H22FN3O2/c1-13(2,14(3,4)19)17-8-10-6-5-9(7-11(10)15)12(16)18-20/h5-7,17,19-20H,8H2,1-4H3,(H2,16,18). The van der Waals surface area contributed by atoms with Crippen molar-refractivity contribution in [2.45, 2.75) is 45.4 Å². The average Bonchev–Trinajstić information content (AvgIpc) is 2.35. The van der Waals surface area contributed by atoms with Crippen LogP contribution in [0.2, 0.25) is 0 Å². The van der Waals surface area contributed by atoms with Gasteiger partial charge < -0.3 is 21.4 Å². The van der Waals surface area contributed by atoms with Crippen LogP contribution in [-0.4, -0.2) is 27.3 Å². The molecule has 5 nitrogen and oxygen atoms in total. The Labute approximate surface area is 118 Å². The van der Waals surface area contributed by atoms with Gasteiger partial charge >= 0.3 is 0 Å². The summed E-state index contributed by atoms with van der Waals surface area (Å²) in [6.07, 6.45) is 0. The third kappa shape index (κ3) is 3.68. The lowest BCUT2D eigenvalue weighted by molar-refractivity contribution is -0.00543. The zero-order valence-electron chi connectivity index (χ0n) is 12.2. The highest BCUT2D eigenvalue weighted by molar-refractivity contribution is 5.97. The van der Waals surface area contributed by atoms with Crippen molar-refractivity contribution in [3.63, 3.8) is 0 Å². The Morgan fingerprint density at radius 2 is 1.95 bits per heavy atom. The van der Waals surface area contributed by atoms with Crippen LogP contribution in [0.15, 0.2) is 23.4 Å². The summed E-state index contributed by atoms with van der Waals surface area (Å²) in [5.41, 5.74) is 4.63. The predicted octanol–water partition coefficient (Wildman–Crippen LogP) is 1.56. The molecule has 0 aliphatic carbocycles. The van der Waals surface area contributed by atoms with E-state index in [2.05, 4.69) is 10.5 Å². The summed E-state index contributed by atoms with van der Waals surface area (Å²) in [7, 11) is 0. The highest BCUT2D eigenvalue weighted by atomic mass is 19.1. The van der Waals surface area contributed by atoms with Gasteiger partial charge in [0.25, 0.3) is 0 Å². The minimum Gasteiger partial charge on any atom is -0.409 e. The fourth-order valence-corrected chi connectivity index (χ4v) is 1.44. The summed E-state index contributed by atoms with van der Waals surface area (Å²) < 4.78 is 13.9. The van der Waals surface area contributed by atoms with E-state index in [-0.39, 0.29) is 12.4 Å². The molecule has 0 fully saturated rings. The lowest BCUT2D eigenvalue weighted by Gasteiger charge is -2.38. The van der Waals surface area contributed by atoms with Gasteiger partial charge in [-0.3, -0.25) is 0 Å². The van der Waals surface area contributed by atoms with Gasteiger partial charge in [0.2, 0.25) is 0 Å². The molecule has 1 aromatic carbocycles. The number of hydrogen-bond donors (Lipinski definition) is 4. The Morgan fingerprint density at radius 1 is 1.35 bits per heavy atom. The second-order valence-corrected chi connectivity index (χ2v) is 5.83. The summed E-state index contributed by atoms with van der Waals surface area (Å²) in [4.78, 5) is 0. The molecule has 0 amide bonds. The van der Waals surface area contributed by atoms with Crippen LogP contribution < -0.4 is 11.1 Å². The number of amidine groups is 1. The van der Waals surface area contributed by atoms with Crippen molar-refractivity contribution in [3.8, 4) is 0 Å². The molecule has 1 rings (SSSR count). The van der Waals surface area contributed by atoms with Crippen LogP contribution in [-0.2, 0) is 6.54 Å². The molecule has 0 radical (unpaired) electrons. The first kappa shape index (κ1) is 16.4. The van der Waals surface area contributed by atoms with Crippen LogP contribution in [0.3, 0.4) is 0 Å². The molecule has 0 aliphatic heterocycles. The second kappa shape index (κ2) is 5.76. The van der Waals surface area contributed by atoms with Crippen molar-refractivity contribution < 1.29 is 14.7 Å². The predicted molar refractivity (Wildman–Crippen MR) is 76.1 cm³/mol. The first-order valence-electron chi connectivity index (χ1n) is 6.32. The van der Waals surface area contributed by atoms with E-state index in [1.165, 1.54) is 6.07 Å². The van der Waals surface area contributed by atoms with E-state index in [0.29, 0.717) is 11.1 Å². The molecule has 6 heteroatoms. The van der Waals surface area contributed by atoms with Gasteiger partial charge in [-0.25, -0.2) is 4.39 Å². The van der Waals surface area contributed by atoms with Gasteiger partial charge in [-0.1, -0.05) is 17.3 Å². The molecule has 20 heavy (non-hydrogen) atoms. The first-order valence-corrected chi connectivity index (χ1v) is 6.32. The number of nitrogens with one attached hydrogen (secondary N) is 1. The molecule has 112 valence electrons. The van der Waals surface area contributed by atoms with Gasteiger partial charge in [-0.15, -0.1) is 0 Å². The van der Waals surface area contributed by atoms with E-state index in [9.17, 15) is 9.50 Å². The fraction of sp³-hybridized carbons (Fsp3) is 0.500. The van der Waals surface area contributed by atoms with E-state index in [1.54, 1.807) is 26.0 Å². The third-order valence-corrected chi connectivity index (χ3v) is 3.71. The molecule has 0 unspecified atom stereocenters. The Hall–Kier alpha value is -1.66. The zero-order valence-corrected chi connectivity index (χ0v) is 12.2.